The third kappa shape index (κ3) is 4.04. The summed E-state index contributed by atoms with van der Waals surface area (Å²) in [5.74, 6) is -0.627. The minimum Gasteiger partial charge on any atom is -0.691 e. The molecule has 0 spiro atoms. The molecule has 1 aromatic carbocycles. The van der Waals surface area contributed by atoms with E-state index in [9.17, 15) is 18.8 Å². The molecule has 0 amide bonds. The Bertz CT molecular complexity index is 740. The topological polar surface area (TPSA) is 67.8 Å². The number of esters is 1. The van der Waals surface area contributed by atoms with Gasteiger partial charge in [0, 0.05) is 5.41 Å². The third-order valence-electron chi connectivity index (χ3n) is 7.07. The molecule has 0 saturated heterocycles. The first-order chi connectivity index (χ1) is 13.8. The molecule has 29 heavy (non-hydrogen) atoms. The molecule has 5 rings (SSSR count). The zero-order chi connectivity index (χ0) is 20.7. The van der Waals surface area contributed by atoms with Gasteiger partial charge in [0.1, 0.15) is 12.0 Å². The molecule has 8 heteroatoms. The fourth-order valence-electron chi connectivity index (χ4n) is 6.45. The quantitative estimate of drug-likeness (QED) is 0.269. The van der Waals surface area contributed by atoms with E-state index < -0.39 is 23.3 Å². The van der Waals surface area contributed by atoms with Gasteiger partial charge in [0.25, 0.3) is 0 Å². The highest BCUT2D eigenvalue weighted by molar-refractivity contribution is 7.96. The van der Waals surface area contributed by atoms with Gasteiger partial charge in [-0.3, -0.25) is 5.04 Å². The Labute approximate surface area is 173 Å². The fourth-order valence-corrected chi connectivity index (χ4v) is 6.69. The van der Waals surface area contributed by atoms with Crippen LogP contribution in [0.2, 0.25) is 0 Å². The molecule has 5 nitrogen and oxygen atoms in total. The molecule has 0 N–H and O–H groups in total. The third-order valence-corrected chi connectivity index (χ3v) is 7.57. The lowest BCUT2D eigenvalue weighted by Gasteiger charge is -2.62. The van der Waals surface area contributed by atoms with Crippen LogP contribution in [0.4, 0.5) is 8.78 Å². The average Bonchev–Trinajstić information content (AvgIpc) is 2.69. The molecule has 2 unspecified atom stereocenters. The van der Waals surface area contributed by atoms with Crippen molar-refractivity contribution in [2.75, 3.05) is 6.61 Å². The number of ether oxygens (including phenoxy) is 1. The molecule has 0 aliphatic heterocycles. The summed E-state index contributed by atoms with van der Waals surface area (Å²) in [7, 11) is 0. The molecule has 0 heterocycles. The number of alkyl halides is 2. The van der Waals surface area contributed by atoms with Crippen molar-refractivity contribution < 1.29 is 32.9 Å². The SMILES string of the molecule is CCc1ccc(C23CC4CC(CC(COC(=O)C(F)(F)SOO[O-])(C4)C2)C3)cc1. The number of hydrogen-bond acceptors (Lipinski definition) is 6. The van der Waals surface area contributed by atoms with Crippen LogP contribution < -0.4 is 5.26 Å². The van der Waals surface area contributed by atoms with Crippen molar-refractivity contribution in [1.29, 1.82) is 0 Å². The van der Waals surface area contributed by atoms with Gasteiger partial charge in [-0.2, -0.15) is 13.1 Å². The van der Waals surface area contributed by atoms with Crippen LogP contribution >= 0.6 is 12.0 Å². The number of aryl methyl sites for hydroxylation is 1. The van der Waals surface area contributed by atoms with E-state index in [-0.39, 0.29) is 17.4 Å². The lowest BCUT2D eigenvalue weighted by atomic mass is 9.43. The van der Waals surface area contributed by atoms with E-state index in [2.05, 4.69) is 40.6 Å². The Balaban J connectivity index is 1.50. The molecule has 2 atom stereocenters. The smallest absolute Gasteiger partial charge is 0.415 e. The maximum atomic E-state index is 13.7. The average molecular weight is 427 g/mol. The summed E-state index contributed by atoms with van der Waals surface area (Å²) in [6.07, 6.45) is 7.06. The van der Waals surface area contributed by atoms with E-state index in [0.29, 0.717) is 11.8 Å². The van der Waals surface area contributed by atoms with Crippen LogP contribution in [0.25, 0.3) is 0 Å². The van der Waals surface area contributed by atoms with Crippen molar-refractivity contribution in [2.24, 2.45) is 17.3 Å². The molecule has 160 valence electrons. The van der Waals surface area contributed by atoms with E-state index >= 15 is 0 Å². The first kappa shape index (κ1) is 21.0. The van der Waals surface area contributed by atoms with Gasteiger partial charge in [-0.05, 0) is 73.3 Å². The van der Waals surface area contributed by atoms with Crippen molar-refractivity contribution in [3.63, 3.8) is 0 Å². The second-order valence-electron chi connectivity index (χ2n) is 9.10. The fraction of sp³-hybridized carbons (Fsp3) is 0.667. The highest BCUT2D eigenvalue weighted by Gasteiger charge is 2.59. The molecule has 4 bridgehead atoms. The molecule has 4 fully saturated rings. The van der Waals surface area contributed by atoms with E-state index in [4.69, 9.17) is 4.74 Å². The Morgan fingerprint density at radius 1 is 1.21 bits per heavy atom. The summed E-state index contributed by atoms with van der Waals surface area (Å²) in [6, 6.07) is 8.79. The number of carbonyl (C=O) groups is 1. The lowest BCUT2D eigenvalue weighted by Crippen LogP contribution is -2.55. The van der Waals surface area contributed by atoms with Crippen molar-refractivity contribution in [1.82, 2.24) is 0 Å². The van der Waals surface area contributed by atoms with Crippen molar-refractivity contribution in [3.8, 4) is 0 Å². The van der Waals surface area contributed by atoms with Gasteiger partial charge in [-0.1, -0.05) is 31.2 Å². The Kier molecular flexibility index (Phi) is 5.65. The van der Waals surface area contributed by atoms with Gasteiger partial charge in [0.15, 0.2) is 0 Å². The first-order valence-corrected chi connectivity index (χ1v) is 10.8. The number of carbonyl (C=O) groups excluding carboxylic acids is 1. The minimum absolute atomic E-state index is 0.0258. The number of benzene rings is 1. The highest BCUT2D eigenvalue weighted by atomic mass is 32.2. The lowest BCUT2D eigenvalue weighted by molar-refractivity contribution is -0.777. The Hall–Kier alpha value is -1.22. The van der Waals surface area contributed by atoms with Crippen molar-refractivity contribution in [3.05, 3.63) is 35.4 Å². The van der Waals surface area contributed by atoms with Crippen LogP contribution in [0.1, 0.15) is 56.6 Å². The maximum absolute atomic E-state index is 13.7. The zero-order valence-electron chi connectivity index (χ0n) is 16.3. The van der Waals surface area contributed by atoms with Crippen LogP contribution in [-0.4, -0.2) is 17.8 Å². The molecule has 1 aromatic rings. The maximum Gasteiger partial charge on any atom is 0.415 e. The molecule has 4 aliphatic rings. The molecule has 4 aliphatic carbocycles. The van der Waals surface area contributed by atoms with E-state index in [1.165, 1.54) is 17.5 Å². The van der Waals surface area contributed by atoms with Crippen LogP contribution in [0, 0.1) is 17.3 Å². The van der Waals surface area contributed by atoms with Crippen molar-refractivity contribution in [2.45, 2.75) is 62.5 Å². The van der Waals surface area contributed by atoms with Crippen LogP contribution in [0.3, 0.4) is 0 Å². The van der Waals surface area contributed by atoms with Gasteiger partial charge < -0.3 is 9.99 Å². The summed E-state index contributed by atoms with van der Waals surface area (Å²) in [4.78, 5) is 11.9. The molecule has 0 radical (unpaired) electrons. The van der Waals surface area contributed by atoms with Crippen LogP contribution in [-0.2, 0) is 30.7 Å². The van der Waals surface area contributed by atoms with Gasteiger partial charge in [-0.15, -0.1) is 0 Å². The van der Waals surface area contributed by atoms with Gasteiger partial charge >= 0.3 is 11.2 Å². The zero-order valence-corrected chi connectivity index (χ0v) is 17.1. The molecular formula is C21H25F2O5S-. The van der Waals surface area contributed by atoms with Crippen molar-refractivity contribution >= 4 is 18.0 Å². The monoisotopic (exact) mass is 427 g/mol. The number of rotatable bonds is 8. The predicted octanol–water partition coefficient (Wildman–Crippen LogP) is 4.09. The second kappa shape index (κ2) is 7.80. The Morgan fingerprint density at radius 2 is 1.86 bits per heavy atom. The van der Waals surface area contributed by atoms with E-state index in [1.54, 1.807) is 0 Å². The van der Waals surface area contributed by atoms with Gasteiger partial charge in [0.2, 0.25) is 0 Å². The standard InChI is InChI=1S/C21H26F2O5S/c1-2-14-3-5-17(6-4-14)20-10-15-7-16(11-20)9-19(8-15,12-20)13-26-18(24)21(22,23)29-28-27-25/h3-6,15-16,25H,2,7-13H2,1H3/p-1. The summed E-state index contributed by atoms with van der Waals surface area (Å²) in [5.41, 5.74) is 2.40. The molecular weight excluding hydrogens is 402 g/mol. The molecule has 0 aromatic heterocycles. The Morgan fingerprint density at radius 3 is 2.45 bits per heavy atom. The number of hydrogen-bond donors (Lipinski definition) is 0. The summed E-state index contributed by atoms with van der Waals surface area (Å²) >= 11 is -0.639. The second-order valence-corrected chi connectivity index (χ2v) is 9.92. The van der Waals surface area contributed by atoms with Crippen LogP contribution in [0.15, 0.2) is 24.3 Å². The highest BCUT2D eigenvalue weighted by Crippen LogP contribution is 2.65. The molecule has 4 saturated carbocycles. The van der Waals surface area contributed by atoms with Gasteiger partial charge in [0.05, 0.1) is 6.61 Å². The largest absolute Gasteiger partial charge is 0.691 e. The van der Waals surface area contributed by atoms with Gasteiger partial charge in [-0.25, -0.2) is 4.79 Å². The summed E-state index contributed by atoms with van der Waals surface area (Å²) in [6.45, 7) is 2.10. The summed E-state index contributed by atoms with van der Waals surface area (Å²) < 4.78 is 36.1. The normalized spacial score (nSPS) is 33.1. The minimum atomic E-state index is -3.99. The summed E-state index contributed by atoms with van der Waals surface area (Å²) in [5, 5.41) is 8.69. The van der Waals surface area contributed by atoms with E-state index in [0.717, 1.165) is 38.5 Å². The number of halogens is 2. The van der Waals surface area contributed by atoms with Crippen LogP contribution in [0.5, 0.6) is 0 Å². The van der Waals surface area contributed by atoms with E-state index in [1.807, 2.05) is 0 Å². The predicted molar refractivity (Wildman–Crippen MR) is 100 cm³/mol. The first-order valence-electron chi connectivity index (χ1n) is 10.1.